The molecule has 1 aromatic heterocycles. The minimum Gasteiger partial charge on any atom is -0.477 e. The summed E-state index contributed by atoms with van der Waals surface area (Å²) in [5, 5.41) is 8.54. The monoisotopic (exact) mass is 351 g/mol. The summed E-state index contributed by atoms with van der Waals surface area (Å²) < 4.78 is 51.8. The zero-order chi connectivity index (χ0) is 12.5. The van der Waals surface area contributed by atoms with Gasteiger partial charge in [-0.25, -0.2) is 14.2 Å². The molecule has 16 heavy (non-hydrogen) atoms. The van der Waals surface area contributed by atoms with Gasteiger partial charge in [0.2, 0.25) is 5.88 Å². The molecule has 1 heterocycles. The van der Waals surface area contributed by atoms with Gasteiger partial charge >= 0.3 is 12.3 Å². The Balaban J connectivity index is 3.29. The van der Waals surface area contributed by atoms with E-state index in [1.54, 1.807) is 0 Å². The van der Waals surface area contributed by atoms with Crippen LogP contribution in [0, 0.1) is 9.39 Å². The minimum atomic E-state index is -5.13. The number of ether oxygens (including phenoxy) is 1. The number of alkyl halides is 3. The van der Waals surface area contributed by atoms with E-state index in [1.807, 2.05) is 0 Å². The minimum absolute atomic E-state index is 0.218. The molecule has 0 saturated carbocycles. The van der Waals surface area contributed by atoms with Gasteiger partial charge in [-0.2, -0.15) is 0 Å². The first-order valence-corrected chi connectivity index (χ1v) is 4.63. The largest absolute Gasteiger partial charge is 0.574 e. The molecule has 0 aliphatic rings. The maximum absolute atomic E-state index is 13.2. The summed E-state index contributed by atoms with van der Waals surface area (Å²) in [6.07, 6.45) is -4.39. The highest BCUT2D eigenvalue weighted by molar-refractivity contribution is 14.1. The number of nitrogens with zero attached hydrogens (tertiary/aromatic N) is 1. The van der Waals surface area contributed by atoms with Crippen molar-refractivity contribution in [2.75, 3.05) is 0 Å². The fourth-order valence-corrected chi connectivity index (χ4v) is 1.23. The Bertz CT molecular complexity index is 434. The normalized spacial score (nSPS) is 11.3. The molecule has 0 amide bonds. The van der Waals surface area contributed by atoms with Gasteiger partial charge in [-0.05, 0) is 22.6 Å². The van der Waals surface area contributed by atoms with E-state index in [0.29, 0.717) is 0 Å². The number of hydrogen-bond acceptors (Lipinski definition) is 3. The number of carboxylic acid groups (broad SMARTS) is 1. The van der Waals surface area contributed by atoms with Gasteiger partial charge in [-0.3, -0.25) is 0 Å². The molecule has 1 N–H and O–H groups in total. The average molecular weight is 351 g/mol. The molecular weight excluding hydrogens is 349 g/mol. The van der Waals surface area contributed by atoms with Crippen molar-refractivity contribution in [2.24, 2.45) is 0 Å². The summed E-state index contributed by atoms with van der Waals surface area (Å²) in [5.41, 5.74) is -1.25. The smallest absolute Gasteiger partial charge is 0.477 e. The SMILES string of the molecule is O=C(O)c1c(OC(F)(F)F)ncc(I)c1F. The Morgan fingerprint density at radius 2 is 2.06 bits per heavy atom. The molecule has 88 valence electrons. The molecule has 1 rings (SSSR count). The maximum atomic E-state index is 13.2. The van der Waals surface area contributed by atoms with Crippen molar-refractivity contribution in [3.8, 4) is 5.88 Å². The van der Waals surface area contributed by atoms with Crippen molar-refractivity contribution in [1.82, 2.24) is 4.98 Å². The number of aromatic carboxylic acids is 1. The molecule has 0 fully saturated rings. The summed E-state index contributed by atoms with van der Waals surface area (Å²) in [7, 11) is 0. The van der Waals surface area contributed by atoms with Crippen molar-refractivity contribution in [1.29, 1.82) is 0 Å². The van der Waals surface area contributed by atoms with E-state index in [9.17, 15) is 22.4 Å². The molecule has 0 aliphatic carbocycles. The van der Waals surface area contributed by atoms with E-state index < -0.39 is 29.6 Å². The Hall–Kier alpha value is -1.13. The predicted molar refractivity (Wildman–Crippen MR) is 50.6 cm³/mol. The first-order valence-electron chi connectivity index (χ1n) is 3.55. The summed E-state index contributed by atoms with van der Waals surface area (Å²) in [4.78, 5) is 13.6. The second kappa shape index (κ2) is 4.39. The van der Waals surface area contributed by atoms with Gasteiger partial charge in [-0.15, -0.1) is 13.2 Å². The molecule has 0 aromatic carbocycles. The third kappa shape index (κ3) is 2.93. The number of pyridine rings is 1. The van der Waals surface area contributed by atoms with Crippen LogP contribution in [-0.2, 0) is 0 Å². The molecular formula is C7H2F4INO3. The number of carboxylic acids is 1. The third-order valence-corrected chi connectivity index (χ3v) is 2.12. The van der Waals surface area contributed by atoms with Crippen LogP contribution in [0.5, 0.6) is 5.88 Å². The highest BCUT2D eigenvalue weighted by atomic mass is 127. The second-order valence-electron chi connectivity index (χ2n) is 2.45. The van der Waals surface area contributed by atoms with Crippen molar-refractivity contribution >= 4 is 28.6 Å². The van der Waals surface area contributed by atoms with Crippen LogP contribution in [0.1, 0.15) is 10.4 Å². The number of carbonyl (C=O) groups is 1. The van der Waals surface area contributed by atoms with E-state index in [-0.39, 0.29) is 3.57 Å². The third-order valence-electron chi connectivity index (χ3n) is 1.36. The Labute approximate surface area is 99.4 Å². The lowest BCUT2D eigenvalue weighted by Gasteiger charge is -2.10. The Kier molecular flexibility index (Phi) is 3.55. The highest BCUT2D eigenvalue weighted by Gasteiger charge is 2.35. The Morgan fingerprint density at radius 3 is 2.50 bits per heavy atom. The fourth-order valence-electron chi connectivity index (χ4n) is 0.822. The standard InChI is InChI=1S/C7H2F4INO3/c8-4-2(12)1-13-5(3(4)6(14)15)16-7(9,10)11/h1H,(H,14,15). The molecule has 0 bridgehead atoms. The van der Waals surface area contributed by atoms with Gasteiger partial charge in [0.25, 0.3) is 0 Å². The highest BCUT2D eigenvalue weighted by Crippen LogP contribution is 2.27. The van der Waals surface area contributed by atoms with Crippen molar-refractivity contribution in [3.05, 3.63) is 21.1 Å². The van der Waals surface area contributed by atoms with Crippen LogP contribution in [0.4, 0.5) is 17.6 Å². The van der Waals surface area contributed by atoms with Crippen molar-refractivity contribution in [2.45, 2.75) is 6.36 Å². The van der Waals surface area contributed by atoms with E-state index in [4.69, 9.17) is 5.11 Å². The topological polar surface area (TPSA) is 59.4 Å². The second-order valence-corrected chi connectivity index (χ2v) is 3.62. The van der Waals surface area contributed by atoms with Crippen LogP contribution in [0.3, 0.4) is 0 Å². The van der Waals surface area contributed by atoms with Gasteiger partial charge in [0, 0.05) is 6.20 Å². The first kappa shape index (κ1) is 12.9. The number of rotatable bonds is 2. The molecule has 0 aliphatic heterocycles. The van der Waals surface area contributed by atoms with Crippen LogP contribution in [0.25, 0.3) is 0 Å². The van der Waals surface area contributed by atoms with E-state index >= 15 is 0 Å². The molecule has 0 unspecified atom stereocenters. The van der Waals surface area contributed by atoms with Gasteiger partial charge in [0.1, 0.15) is 0 Å². The van der Waals surface area contributed by atoms with Gasteiger partial charge in [-0.1, -0.05) is 0 Å². The van der Waals surface area contributed by atoms with Crippen molar-refractivity contribution < 1.29 is 32.2 Å². The molecule has 0 atom stereocenters. The zero-order valence-corrected chi connectivity index (χ0v) is 9.34. The van der Waals surface area contributed by atoms with E-state index in [2.05, 4.69) is 9.72 Å². The molecule has 1 aromatic rings. The fraction of sp³-hybridized carbons (Fsp3) is 0.143. The van der Waals surface area contributed by atoms with E-state index in [1.165, 1.54) is 22.6 Å². The summed E-state index contributed by atoms with van der Waals surface area (Å²) in [6, 6.07) is 0. The summed E-state index contributed by atoms with van der Waals surface area (Å²) in [5.74, 6) is -4.52. The van der Waals surface area contributed by atoms with Crippen LogP contribution in [0.2, 0.25) is 0 Å². The summed E-state index contributed by atoms with van der Waals surface area (Å²) >= 11 is 1.40. The molecule has 0 radical (unpaired) electrons. The number of hydrogen-bond donors (Lipinski definition) is 1. The van der Waals surface area contributed by atoms with Crippen LogP contribution >= 0.6 is 22.6 Å². The van der Waals surface area contributed by atoms with Crippen molar-refractivity contribution in [3.63, 3.8) is 0 Å². The van der Waals surface area contributed by atoms with Crippen LogP contribution in [-0.4, -0.2) is 22.4 Å². The van der Waals surface area contributed by atoms with Gasteiger partial charge < -0.3 is 9.84 Å². The zero-order valence-electron chi connectivity index (χ0n) is 7.18. The quantitative estimate of drug-likeness (QED) is 0.657. The van der Waals surface area contributed by atoms with Gasteiger partial charge in [0.05, 0.1) is 3.57 Å². The number of halogens is 5. The summed E-state index contributed by atoms with van der Waals surface area (Å²) in [6.45, 7) is 0. The predicted octanol–water partition coefficient (Wildman–Crippen LogP) is 2.42. The molecule has 4 nitrogen and oxygen atoms in total. The molecule has 0 spiro atoms. The lowest BCUT2D eigenvalue weighted by atomic mass is 10.2. The van der Waals surface area contributed by atoms with Crippen LogP contribution < -0.4 is 4.74 Å². The lowest BCUT2D eigenvalue weighted by molar-refractivity contribution is -0.276. The molecule has 0 saturated heterocycles. The average Bonchev–Trinajstić information content (AvgIpc) is 2.08. The molecule has 9 heteroatoms. The van der Waals surface area contributed by atoms with Crippen LogP contribution in [0.15, 0.2) is 6.20 Å². The lowest BCUT2D eigenvalue weighted by Crippen LogP contribution is -2.21. The van der Waals surface area contributed by atoms with E-state index in [0.717, 1.165) is 6.20 Å². The Morgan fingerprint density at radius 1 is 1.50 bits per heavy atom. The maximum Gasteiger partial charge on any atom is 0.574 e. The van der Waals surface area contributed by atoms with Gasteiger partial charge in [0.15, 0.2) is 11.4 Å². The number of aromatic nitrogens is 1. The first-order chi connectivity index (χ1) is 7.22.